The van der Waals surface area contributed by atoms with Crippen LogP contribution in [0.3, 0.4) is 0 Å². The van der Waals surface area contributed by atoms with Crippen molar-refractivity contribution in [3.8, 4) is 23.0 Å². The van der Waals surface area contributed by atoms with Crippen molar-refractivity contribution in [3.05, 3.63) is 71.2 Å². The Labute approximate surface area is 149 Å². The second-order valence-corrected chi connectivity index (χ2v) is 5.54. The molecule has 0 aliphatic carbocycles. The van der Waals surface area contributed by atoms with Crippen LogP contribution in [0.2, 0.25) is 0 Å². The van der Waals surface area contributed by atoms with E-state index in [4.69, 9.17) is 9.47 Å². The molecule has 0 fully saturated rings. The van der Waals surface area contributed by atoms with Crippen LogP contribution in [0, 0.1) is 0 Å². The van der Waals surface area contributed by atoms with Crippen LogP contribution in [0.4, 0.5) is 0 Å². The van der Waals surface area contributed by atoms with Crippen molar-refractivity contribution in [1.29, 1.82) is 0 Å². The predicted molar refractivity (Wildman–Crippen MR) is 95.6 cm³/mol. The number of allylic oxidation sites excluding steroid dienone is 2. The SMILES string of the molecule is COc1cc(/C=C2/OC(/C=C/c3ccc(O)cc3)=CC2=O)cc(O)c1O. The third kappa shape index (κ3) is 3.70. The van der Waals surface area contributed by atoms with E-state index >= 15 is 0 Å². The van der Waals surface area contributed by atoms with Crippen LogP contribution in [0.25, 0.3) is 12.2 Å². The lowest BCUT2D eigenvalue weighted by atomic mass is 10.1. The zero-order valence-electron chi connectivity index (χ0n) is 13.8. The number of carbonyl (C=O) groups is 1. The molecule has 2 aromatic carbocycles. The molecule has 0 atom stereocenters. The van der Waals surface area contributed by atoms with Gasteiger partial charge in [0, 0.05) is 6.08 Å². The van der Waals surface area contributed by atoms with Crippen molar-refractivity contribution >= 4 is 17.9 Å². The molecule has 0 spiro atoms. The quantitative estimate of drug-likeness (QED) is 0.577. The minimum atomic E-state index is -0.371. The van der Waals surface area contributed by atoms with Crippen molar-refractivity contribution in [3.63, 3.8) is 0 Å². The molecule has 6 nitrogen and oxygen atoms in total. The second-order valence-electron chi connectivity index (χ2n) is 5.54. The monoisotopic (exact) mass is 352 g/mol. The van der Waals surface area contributed by atoms with Crippen molar-refractivity contribution in [2.75, 3.05) is 7.11 Å². The Morgan fingerprint density at radius 3 is 2.42 bits per heavy atom. The maximum Gasteiger partial charge on any atom is 0.224 e. The molecule has 0 radical (unpaired) electrons. The van der Waals surface area contributed by atoms with Gasteiger partial charge in [-0.2, -0.15) is 0 Å². The summed E-state index contributed by atoms with van der Waals surface area (Å²) < 4.78 is 10.5. The molecule has 132 valence electrons. The minimum absolute atomic E-state index is 0.0856. The number of ether oxygens (including phenoxy) is 2. The average molecular weight is 352 g/mol. The van der Waals surface area contributed by atoms with E-state index < -0.39 is 0 Å². The molecule has 0 bridgehead atoms. The van der Waals surface area contributed by atoms with Crippen LogP contribution < -0.4 is 4.74 Å². The highest BCUT2D eigenvalue weighted by molar-refractivity contribution is 6.08. The van der Waals surface area contributed by atoms with Crippen LogP contribution in [0.5, 0.6) is 23.0 Å². The lowest BCUT2D eigenvalue weighted by molar-refractivity contribution is -0.112. The molecule has 3 rings (SSSR count). The zero-order valence-corrected chi connectivity index (χ0v) is 13.8. The fourth-order valence-electron chi connectivity index (χ4n) is 2.36. The van der Waals surface area contributed by atoms with Gasteiger partial charge in [0.2, 0.25) is 11.5 Å². The van der Waals surface area contributed by atoms with Crippen LogP contribution in [0.1, 0.15) is 11.1 Å². The number of carbonyl (C=O) groups excluding carboxylic acids is 1. The molecule has 0 amide bonds. The molecule has 2 aromatic rings. The Hall–Kier alpha value is -3.67. The molecular weight excluding hydrogens is 336 g/mol. The summed E-state index contributed by atoms with van der Waals surface area (Å²) in [6.07, 6.45) is 6.18. The molecule has 0 saturated heterocycles. The standard InChI is InChI=1S/C20H16O6/c1-25-19-10-13(8-17(23)20(19)24)9-18-16(22)11-15(26-18)7-4-12-2-5-14(21)6-3-12/h2-11,21,23-24H,1H3/b7-4+,18-9+. The fourth-order valence-corrected chi connectivity index (χ4v) is 2.36. The Morgan fingerprint density at radius 1 is 1.00 bits per heavy atom. The van der Waals surface area contributed by atoms with E-state index in [1.165, 1.54) is 31.4 Å². The molecule has 0 saturated carbocycles. The Kier molecular flexibility index (Phi) is 4.66. The van der Waals surface area contributed by atoms with Gasteiger partial charge in [0.25, 0.3) is 0 Å². The summed E-state index contributed by atoms with van der Waals surface area (Å²) in [6, 6.07) is 9.35. The highest BCUT2D eigenvalue weighted by Gasteiger charge is 2.19. The van der Waals surface area contributed by atoms with E-state index in [0.717, 1.165) is 5.56 Å². The number of methoxy groups -OCH3 is 1. The first-order valence-corrected chi connectivity index (χ1v) is 7.69. The van der Waals surface area contributed by atoms with Crippen molar-refractivity contribution < 1.29 is 29.6 Å². The summed E-state index contributed by atoms with van der Waals surface area (Å²) in [6.45, 7) is 0. The van der Waals surface area contributed by atoms with Gasteiger partial charge >= 0.3 is 0 Å². The van der Waals surface area contributed by atoms with E-state index in [1.54, 1.807) is 36.4 Å². The van der Waals surface area contributed by atoms with Crippen LogP contribution in [-0.4, -0.2) is 28.2 Å². The third-order valence-corrected chi connectivity index (χ3v) is 3.67. The fraction of sp³-hybridized carbons (Fsp3) is 0.0500. The summed E-state index contributed by atoms with van der Waals surface area (Å²) >= 11 is 0. The maximum atomic E-state index is 12.1. The van der Waals surface area contributed by atoms with Gasteiger partial charge in [-0.05, 0) is 47.5 Å². The van der Waals surface area contributed by atoms with Crippen molar-refractivity contribution in [2.24, 2.45) is 0 Å². The first-order chi connectivity index (χ1) is 12.5. The Balaban J connectivity index is 1.78. The van der Waals surface area contributed by atoms with Crippen LogP contribution in [-0.2, 0) is 9.53 Å². The van der Waals surface area contributed by atoms with E-state index in [9.17, 15) is 20.1 Å². The molecule has 6 heteroatoms. The smallest absolute Gasteiger partial charge is 0.224 e. The number of phenols is 3. The van der Waals surface area contributed by atoms with Gasteiger partial charge in [0.15, 0.2) is 17.3 Å². The average Bonchev–Trinajstić information content (AvgIpc) is 2.97. The molecule has 1 aliphatic heterocycles. The zero-order chi connectivity index (χ0) is 18.7. The normalized spacial score (nSPS) is 15.3. The van der Waals surface area contributed by atoms with Crippen LogP contribution >= 0.6 is 0 Å². The Bertz CT molecular complexity index is 936. The largest absolute Gasteiger partial charge is 0.508 e. The summed E-state index contributed by atoms with van der Waals surface area (Å²) in [7, 11) is 1.36. The summed E-state index contributed by atoms with van der Waals surface area (Å²) in [4.78, 5) is 12.1. The topological polar surface area (TPSA) is 96.2 Å². The summed E-state index contributed by atoms with van der Waals surface area (Å²) in [5.74, 6) is -0.339. The molecule has 1 heterocycles. The van der Waals surface area contributed by atoms with Gasteiger partial charge in [-0.1, -0.05) is 18.2 Å². The first-order valence-electron chi connectivity index (χ1n) is 7.69. The summed E-state index contributed by atoms with van der Waals surface area (Å²) in [5, 5.41) is 28.6. The molecule has 0 unspecified atom stereocenters. The number of phenolic OH excluding ortho intramolecular Hbond substituents is 3. The third-order valence-electron chi connectivity index (χ3n) is 3.67. The molecule has 1 aliphatic rings. The van der Waals surface area contributed by atoms with Crippen LogP contribution in [0.15, 0.2) is 60.1 Å². The highest BCUT2D eigenvalue weighted by Crippen LogP contribution is 2.37. The number of hydrogen-bond acceptors (Lipinski definition) is 6. The minimum Gasteiger partial charge on any atom is -0.508 e. The van der Waals surface area contributed by atoms with Crippen molar-refractivity contribution in [2.45, 2.75) is 0 Å². The summed E-state index contributed by atoms with van der Waals surface area (Å²) in [5.41, 5.74) is 1.28. The number of aromatic hydroxyl groups is 3. The Morgan fingerprint density at radius 2 is 1.73 bits per heavy atom. The van der Waals surface area contributed by atoms with Gasteiger partial charge in [-0.15, -0.1) is 0 Å². The second kappa shape index (κ2) is 7.06. The number of ketones is 1. The number of rotatable bonds is 4. The number of hydrogen-bond donors (Lipinski definition) is 3. The van der Waals surface area contributed by atoms with Gasteiger partial charge in [-0.25, -0.2) is 0 Å². The highest BCUT2D eigenvalue weighted by atomic mass is 16.5. The maximum absolute atomic E-state index is 12.1. The first kappa shape index (κ1) is 17.2. The predicted octanol–water partition coefficient (Wildman–Crippen LogP) is 3.35. The van der Waals surface area contributed by atoms with Crippen molar-refractivity contribution in [1.82, 2.24) is 0 Å². The lowest BCUT2D eigenvalue weighted by Gasteiger charge is -2.07. The molecule has 26 heavy (non-hydrogen) atoms. The molecule has 0 aromatic heterocycles. The van der Waals surface area contributed by atoms with E-state index in [1.807, 2.05) is 0 Å². The van der Waals surface area contributed by atoms with E-state index in [0.29, 0.717) is 11.3 Å². The van der Waals surface area contributed by atoms with Gasteiger partial charge < -0.3 is 24.8 Å². The number of benzene rings is 2. The van der Waals surface area contributed by atoms with E-state index in [-0.39, 0.29) is 34.5 Å². The van der Waals surface area contributed by atoms with E-state index in [2.05, 4.69) is 0 Å². The van der Waals surface area contributed by atoms with Gasteiger partial charge in [0.1, 0.15) is 11.5 Å². The molecule has 3 N–H and O–H groups in total. The van der Waals surface area contributed by atoms with Gasteiger partial charge in [0.05, 0.1) is 7.11 Å². The van der Waals surface area contributed by atoms with Gasteiger partial charge in [-0.3, -0.25) is 4.79 Å². The molecular formula is C20H16O6. The lowest BCUT2D eigenvalue weighted by Crippen LogP contribution is -1.93.